The predicted molar refractivity (Wildman–Crippen MR) is 105 cm³/mol. The summed E-state index contributed by atoms with van der Waals surface area (Å²) in [6, 6.07) is 5.36. The lowest BCUT2D eigenvalue weighted by molar-refractivity contribution is 0.586. The maximum absolute atomic E-state index is 13.9. The average molecular weight is 402 g/mol. The van der Waals surface area contributed by atoms with Gasteiger partial charge in [0, 0.05) is 36.8 Å². The highest BCUT2D eigenvalue weighted by Gasteiger charge is 2.22. The number of nitrogens with zero attached hydrogens (tertiary/aromatic N) is 4. The first-order valence-electron chi connectivity index (χ1n) is 8.86. The first-order valence-corrected chi connectivity index (χ1v) is 9.24. The molecule has 0 atom stereocenters. The molecule has 0 saturated heterocycles. The Hall–Kier alpha value is -2.80. The zero-order valence-corrected chi connectivity index (χ0v) is 16.2. The highest BCUT2D eigenvalue weighted by Crippen LogP contribution is 2.29. The molecule has 3 aromatic rings. The standard InChI is InChI=1S/C20H18ClF2N5/c1-11-19(21)25-12(2)26-20(11)28-6-5-17-13(10-28)7-15(9-24-17)27-18-4-3-14(22)8-16(18)23/h3-4,7-9,27H,5-6,10H2,1-2H3. The van der Waals surface area contributed by atoms with E-state index in [-0.39, 0.29) is 5.69 Å². The van der Waals surface area contributed by atoms with Gasteiger partial charge in [0.1, 0.15) is 28.4 Å². The minimum atomic E-state index is -0.652. The van der Waals surface area contributed by atoms with Crippen LogP contribution in [-0.2, 0) is 13.0 Å². The summed E-state index contributed by atoms with van der Waals surface area (Å²) in [7, 11) is 0. The molecule has 0 unspecified atom stereocenters. The molecule has 3 heterocycles. The van der Waals surface area contributed by atoms with Crippen LogP contribution in [0.15, 0.2) is 30.5 Å². The predicted octanol–water partition coefficient (Wildman–Crippen LogP) is 4.73. The lowest BCUT2D eigenvalue weighted by atomic mass is 10.0. The molecule has 4 rings (SSSR count). The number of hydrogen-bond acceptors (Lipinski definition) is 5. The first kappa shape index (κ1) is 18.6. The number of fused-ring (bicyclic) bond motifs is 1. The zero-order chi connectivity index (χ0) is 19.8. The van der Waals surface area contributed by atoms with Crippen LogP contribution in [0.4, 0.5) is 26.0 Å². The van der Waals surface area contributed by atoms with Crippen LogP contribution < -0.4 is 10.2 Å². The molecule has 0 fully saturated rings. The second-order valence-corrected chi connectivity index (χ2v) is 7.12. The van der Waals surface area contributed by atoms with Crippen LogP contribution in [0.5, 0.6) is 0 Å². The van der Waals surface area contributed by atoms with Crippen LogP contribution in [0.1, 0.15) is 22.6 Å². The third-order valence-corrected chi connectivity index (χ3v) is 5.09. The van der Waals surface area contributed by atoms with E-state index in [0.29, 0.717) is 23.2 Å². The van der Waals surface area contributed by atoms with Gasteiger partial charge in [-0.25, -0.2) is 18.7 Å². The van der Waals surface area contributed by atoms with Crippen molar-refractivity contribution >= 4 is 28.8 Å². The molecular weight excluding hydrogens is 384 g/mol. The van der Waals surface area contributed by atoms with Crippen LogP contribution in [0.2, 0.25) is 5.15 Å². The van der Waals surface area contributed by atoms with Gasteiger partial charge in [-0.05, 0) is 37.6 Å². The zero-order valence-electron chi connectivity index (χ0n) is 15.4. The van der Waals surface area contributed by atoms with Crippen molar-refractivity contribution in [3.05, 3.63) is 69.9 Å². The summed E-state index contributed by atoms with van der Waals surface area (Å²) in [5.74, 6) is 0.167. The summed E-state index contributed by atoms with van der Waals surface area (Å²) in [6.45, 7) is 5.10. The molecule has 1 aromatic carbocycles. The number of nitrogens with one attached hydrogen (secondary N) is 1. The molecule has 1 aliphatic rings. The normalized spacial score (nSPS) is 13.4. The number of aryl methyl sites for hydroxylation is 1. The minimum absolute atomic E-state index is 0.199. The van der Waals surface area contributed by atoms with E-state index in [9.17, 15) is 8.78 Å². The lowest BCUT2D eigenvalue weighted by Crippen LogP contribution is -2.32. The van der Waals surface area contributed by atoms with Crippen molar-refractivity contribution in [1.82, 2.24) is 15.0 Å². The highest BCUT2D eigenvalue weighted by atomic mass is 35.5. The van der Waals surface area contributed by atoms with Crippen molar-refractivity contribution in [3.8, 4) is 0 Å². The van der Waals surface area contributed by atoms with Gasteiger partial charge in [0.05, 0.1) is 17.6 Å². The van der Waals surface area contributed by atoms with Gasteiger partial charge >= 0.3 is 0 Å². The van der Waals surface area contributed by atoms with Gasteiger partial charge in [-0.15, -0.1) is 0 Å². The topological polar surface area (TPSA) is 53.9 Å². The third kappa shape index (κ3) is 3.62. The second-order valence-electron chi connectivity index (χ2n) is 6.76. The highest BCUT2D eigenvalue weighted by molar-refractivity contribution is 6.30. The third-order valence-electron chi connectivity index (χ3n) is 4.72. The van der Waals surface area contributed by atoms with Crippen molar-refractivity contribution in [1.29, 1.82) is 0 Å². The minimum Gasteiger partial charge on any atom is -0.352 e. The van der Waals surface area contributed by atoms with Crippen LogP contribution in [0.25, 0.3) is 0 Å². The molecule has 0 spiro atoms. The van der Waals surface area contributed by atoms with Gasteiger partial charge in [-0.3, -0.25) is 4.98 Å². The summed E-state index contributed by atoms with van der Waals surface area (Å²) in [5.41, 5.74) is 3.69. The summed E-state index contributed by atoms with van der Waals surface area (Å²) in [4.78, 5) is 15.4. The Morgan fingerprint density at radius 3 is 2.75 bits per heavy atom. The quantitative estimate of drug-likeness (QED) is 0.643. The number of halogens is 3. The van der Waals surface area contributed by atoms with E-state index in [4.69, 9.17) is 11.6 Å². The molecular formula is C20H18ClF2N5. The molecule has 144 valence electrons. The lowest BCUT2D eigenvalue weighted by Gasteiger charge is -2.30. The van der Waals surface area contributed by atoms with Gasteiger partial charge in [-0.1, -0.05) is 11.6 Å². The van der Waals surface area contributed by atoms with Crippen molar-refractivity contribution in [2.75, 3.05) is 16.8 Å². The Balaban J connectivity index is 1.61. The number of hydrogen-bond donors (Lipinski definition) is 1. The largest absolute Gasteiger partial charge is 0.352 e. The molecule has 0 amide bonds. The fourth-order valence-corrected chi connectivity index (χ4v) is 3.52. The fraction of sp³-hybridized carbons (Fsp3) is 0.250. The second kappa shape index (κ2) is 7.31. The van der Waals surface area contributed by atoms with Crippen LogP contribution in [0.3, 0.4) is 0 Å². The number of rotatable bonds is 3. The van der Waals surface area contributed by atoms with E-state index >= 15 is 0 Å². The van der Waals surface area contributed by atoms with E-state index in [0.717, 1.165) is 41.7 Å². The fourth-order valence-electron chi connectivity index (χ4n) is 3.31. The van der Waals surface area contributed by atoms with Crippen LogP contribution in [0, 0.1) is 25.5 Å². The molecule has 1 aliphatic heterocycles. The van der Waals surface area contributed by atoms with Gasteiger partial charge < -0.3 is 10.2 Å². The first-order chi connectivity index (χ1) is 13.4. The molecule has 0 aliphatic carbocycles. The Morgan fingerprint density at radius 1 is 1.14 bits per heavy atom. The molecule has 0 radical (unpaired) electrons. The number of anilines is 3. The van der Waals surface area contributed by atoms with Crippen molar-refractivity contribution in [2.24, 2.45) is 0 Å². The maximum atomic E-state index is 13.9. The van der Waals surface area contributed by atoms with E-state index in [1.807, 2.05) is 19.9 Å². The molecule has 1 N–H and O–H groups in total. The Kier molecular flexibility index (Phi) is 4.85. The summed E-state index contributed by atoms with van der Waals surface area (Å²) in [5, 5.41) is 3.42. The Labute approximate surface area is 166 Å². The molecule has 8 heteroatoms. The molecule has 0 bridgehead atoms. The maximum Gasteiger partial charge on any atom is 0.149 e. The van der Waals surface area contributed by atoms with Crippen molar-refractivity contribution < 1.29 is 8.78 Å². The molecule has 28 heavy (non-hydrogen) atoms. The molecule has 2 aromatic heterocycles. The smallest absolute Gasteiger partial charge is 0.149 e. The number of aromatic nitrogens is 3. The van der Waals surface area contributed by atoms with E-state index < -0.39 is 11.6 Å². The SMILES string of the molecule is Cc1nc(Cl)c(C)c(N2CCc3ncc(Nc4ccc(F)cc4F)cc3C2)n1. The van der Waals surface area contributed by atoms with Crippen molar-refractivity contribution in [2.45, 2.75) is 26.8 Å². The summed E-state index contributed by atoms with van der Waals surface area (Å²) in [6.07, 6.45) is 2.43. The van der Waals surface area contributed by atoms with E-state index in [1.165, 1.54) is 12.1 Å². The summed E-state index contributed by atoms with van der Waals surface area (Å²) >= 11 is 6.22. The van der Waals surface area contributed by atoms with Crippen molar-refractivity contribution in [3.63, 3.8) is 0 Å². The monoisotopic (exact) mass is 401 g/mol. The van der Waals surface area contributed by atoms with Gasteiger partial charge in [0.25, 0.3) is 0 Å². The Morgan fingerprint density at radius 2 is 1.96 bits per heavy atom. The van der Waals surface area contributed by atoms with Crippen LogP contribution >= 0.6 is 11.6 Å². The number of pyridine rings is 1. The Bertz CT molecular complexity index is 1060. The van der Waals surface area contributed by atoms with E-state index in [1.54, 1.807) is 6.20 Å². The van der Waals surface area contributed by atoms with Crippen LogP contribution in [-0.4, -0.2) is 21.5 Å². The average Bonchev–Trinajstić information content (AvgIpc) is 2.66. The van der Waals surface area contributed by atoms with E-state index in [2.05, 4.69) is 25.2 Å². The van der Waals surface area contributed by atoms with Gasteiger partial charge in [0.2, 0.25) is 0 Å². The van der Waals surface area contributed by atoms with Gasteiger partial charge in [-0.2, -0.15) is 0 Å². The molecule has 0 saturated carbocycles. The van der Waals surface area contributed by atoms with Gasteiger partial charge in [0.15, 0.2) is 0 Å². The number of benzene rings is 1. The molecule has 5 nitrogen and oxygen atoms in total. The summed E-state index contributed by atoms with van der Waals surface area (Å²) < 4.78 is 27.0.